The van der Waals surface area contributed by atoms with Crippen LogP contribution < -0.4 is 0 Å². The Labute approximate surface area is 143 Å². The lowest BCUT2D eigenvalue weighted by atomic mass is 9.75. The SMILES string of the molecule is CC(C)C1(C(=O)O)CCC(N2CCC(c3ccc(F)cc3)CC2)C1. The number of piperidine rings is 1. The molecule has 0 aromatic heterocycles. The van der Waals surface area contributed by atoms with Gasteiger partial charge in [-0.15, -0.1) is 0 Å². The Morgan fingerprint density at radius 1 is 1.21 bits per heavy atom. The van der Waals surface area contributed by atoms with Crippen LogP contribution in [-0.4, -0.2) is 35.1 Å². The van der Waals surface area contributed by atoms with Gasteiger partial charge in [-0.05, 0) is 74.7 Å². The van der Waals surface area contributed by atoms with E-state index in [0.29, 0.717) is 12.0 Å². The van der Waals surface area contributed by atoms with E-state index in [9.17, 15) is 14.3 Å². The third kappa shape index (κ3) is 3.21. The lowest BCUT2D eigenvalue weighted by molar-refractivity contribution is -0.151. The largest absolute Gasteiger partial charge is 0.481 e. The number of hydrogen-bond acceptors (Lipinski definition) is 2. The minimum Gasteiger partial charge on any atom is -0.481 e. The van der Waals surface area contributed by atoms with Gasteiger partial charge in [-0.3, -0.25) is 4.79 Å². The van der Waals surface area contributed by atoms with Gasteiger partial charge in [-0.1, -0.05) is 26.0 Å². The summed E-state index contributed by atoms with van der Waals surface area (Å²) in [5, 5.41) is 9.71. The molecule has 0 spiro atoms. The summed E-state index contributed by atoms with van der Waals surface area (Å²) < 4.78 is 13.1. The minimum absolute atomic E-state index is 0.178. The van der Waals surface area contributed by atoms with Gasteiger partial charge in [-0.2, -0.15) is 0 Å². The number of benzene rings is 1. The van der Waals surface area contributed by atoms with Gasteiger partial charge in [0, 0.05) is 6.04 Å². The van der Waals surface area contributed by atoms with Crippen LogP contribution in [0.25, 0.3) is 0 Å². The summed E-state index contributed by atoms with van der Waals surface area (Å²) >= 11 is 0. The highest BCUT2D eigenvalue weighted by molar-refractivity contribution is 5.75. The number of aliphatic carboxylic acids is 1. The van der Waals surface area contributed by atoms with Crippen molar-refractivity contribution in [3.8, 4) is 0 Å². The number of carbonyl (C=O) groups is 1. The van der Waals surface area contributed by atoms with Crippen LogP contribution in [0.3, 0.4) is 0 Å². The van der Waals surface area contributed by atoms with Gasteiger partial charge in [0.2, 0.25) is 0 Å². The van der Waals surface area contributed by atoms with Crippen molar-refractivity contribution in [3.05, 3.63) is 35.6 Å². The Kier molecular flexibility index (Phi) is 4.95. The van der Waals surface area contributed by atoms with E-state index in [1.165, 1.54) is 5.56 Å². The van der Waals surface area contributed by atoms with E-state index >= 15 is 0 Å². The molecule has 1 heterocycles. The van der Waals surface area contributed by atoms with Crippen molar-refractivity contribution in [2.45, 2.75) is 57.9 Å². The van der Waals surface area contributed by atoms with Gasteiger partial charge in [-0.25, -0.2) is 4.39 Å². The highest BCUT2D eigenvalue weighted by atomic mass is 19.1. The summed E-state index contributed by atoms with van der Waals surface area (Å²) in [6.07, 6.45) is 4.71. The Hall–Kier alpha value is -1.42. The van der Waals surface area contributed by atoms with E-state index in [-0.39, 0.29) is 11.7 Å². The Morgan fingerprint density at radius 3 is 2.33 bits per heavy atom. The average molecular weight is 333 g/mol. The molecule has 0 amide bonds. The first kappa shape index (κ1) is 17.4. The molecule has 1 aromatic rings. The molecule has 4 heteroatoms. The van der Waals surface area contributed by atoms with E-state index < -0.39 is 11.4 Å². The van der Waals surface area contributed by atoms with Gasteiger partial charge in [0.25, 0.3) is 0 Å². The van der Waals surface area contributed by atoms with E-state index in [4.69, 9.17) is 0 Å². The van der Waals surface area contributed by atoms with Gasteiger partial charge in [0.1, 0.15) is 5.82 Å². The maximum atomic E-state index is 13.1. The van der Waals surface area contributed by atoms with Crippen LogP contribution in [-0.2, 0) is 4.79 Å². The molecule has 132 valence electrons. The summed E-state index contributed by atoms with van der Waals surface area (Å²) in [6, 6.07) is 7.29. The number of carboxylic acid groups (broad SMARTS) is 1. The highest BCUT2D eigenvalue weighted by Gasteiger charge is 2.49. The molecule has 2 atom stereocenters. The highest BCUT2D eigenvalue weighted by Crippen LogP contribution is 2.47. The molecule has 3 nitrogen and oxygen atoms in total. The molecule has 2 fully saturated rings. The van der Waals surface area contributed by atoms with E-state index in [1.807, 2.05) is 26.0 Å². The zero-order valence-electron chi connectivity index (χ0n) is 14.7. The number of likely N-dealkylation sites (tertiary alicyclic amines) is 1. The van der Waals surface area contributed by atoms with Crippen LogP contribution in [0, 0.1) is 17.2 Å². The molecule has 1 aliphatic heterocycles. The number of rotatable bonds is 4. The summed E-state index contributed by atoms with van der Waals surface area (Å²) in [4.78, 5) is 14.3. The first-order valence-electron chi connectivity index (χ1n) is 9.15. The minimum atomic E-state index is -0.624. The molecule has 0 radical (unpaired) electrons. The summed E-state index contributed by atoms with van der Waals surface area (Å²) in [6.45, 7) is 6.11. The molecular weight excluding hydrogens is 305 g/mol. The van der Waals surface area contributed by atoms with Crippen LogP contribution in [0.2, 0.25) is 0 Å². The molecule has 1 aromatic carbocycles. The predicted molar refractivity (Wildman–Crippen MR) is 92.5 cm³/mol. The molecule has 3 rings (SSSR count). The van der Waals surface area contributed by atoms with Gasteiger partial charge in [0.05, 0.1) is 5.41 Å². The van der Waals surface area contributed by atoms with Crippen LogP contribution in [0.15, 0.2) is 24.3 Å². The van der Waals surface area contributed by atoms with E-state index in [1.54, 1.807) is 12.1 Å². The zero-order valence-corrected chi connectivity index (χ0v) is 14.7. The van der Waals surface area contributed by atoms with Crippen molar-refractivity contribution in [1.82, 2.24) is 4.90 Å². The van der Waals surface area contributed by atoms with Crippen molar-refractivity contribution in [1.29, 1.82) is 0 Å². The number of halogens is 1. The molecule has 1 aliphatic carbocycles. The summed E-state index contributed by atoms with van der Waals surface area (Å²) in [5.74, 6) is -0.128. The van der Waals surface area contributed by atoms with Gasteiger partial charge in [0.15, 0.2) is 0 Å². The topological polar surface area (TPSA) is 40.5 Å². The van der Waals surface area contributed by atoms with Crippen LogP contribution >= 0.6 is 0 Å². The van der Waals surface area contributed by atoms with Crippen LogP contribution in [0.4, 0.5) is 4.39 Å². The number of carboxylic acids is 1. The first-order chi connectivity index (χ1) is 11.4. The Bertz CT molecular complexity index is 578. The van der Waals surface area contributed by atoms with Gasteiger partial charge >= 0.3 is 5.97 Å². The fraction of sp³-hybridized carbons (Fsp3) is 0.650. The van der Waals surface area contributed by atoms with Crippen molar-refractivity contribution < 1.29 is 14.3 Å². The maximum Gasteiger partial charge on any atom is 0.309 e. The third-order valence-electron chi connectivity index (χ3n) is 6.44. The summed E-state index contributed by atoms with van der Waals surface area (Å²) in [5.41, 5.74) is 0.683. The standard InChI is InChI=1S/C20H28FNO2/c1-14(2)20(19(23)24)10-7-18(13-20)22-11-8-16(9-12-22)15-3-5-17(21)6-4-15/h3-6,14,16,18H,7-13H2,1-2H3,(H,23,24). The average Bonchev–Trinajstić information content (AvgIpc) is 3.03. The normalized spacial score (nSPS) is 29.2. The van der Waals surface area contributed by atoms with Crippen LogP contribution in [0.1, 0.15) is 57.4 Å². The predicted octanol–water partition coefficient (Wildman–Crippen LogP) is 4.28. The molecule has 2 unspecified atom stereocenters. The van der Waals surface area contributed by atoms with E-state index in [0.717, 1.165) is 45.2 Å². The molecule has 24 heavy (non-hydrogen) atoms. The number of nitrogens with zero attached hydrogens (tertiary/aromatic N) is 1. The molecule has 1 saturated carbocycles. The Morgan fingerprint density at radius 2 is 1.83 bits per heavy atom. The first-order valence-corrected chi connectivity index (χ1v) is 9.15. The monoisotopic (exact) mass is 333 g/mol. The third-order valence-corrected chi connectivity index (χ3v) is 6.44. The van der Waals surface area contributed by atoms with Crippen molar-refractivity contribution in [3.63, 3.8) is 0 Å². The summed E-state index contributed by atoms with van der Waals surface area (Å²) in [7, 11) is 0. The Balaban J connectivity index is 1.59. The second-order valence-corrected chi connectivity index (χ2v) is 7.87. The fourth-order valence-corrected chi connectivity index (χ4v) is 4.66. The molecule has 2 aliphatic rings. The van der Waals surface area contributed by atoms with Crippen molar-refractivity contribution in [2.75, 3.05) is 13.1 Å². The quantitative estimate of drug-likeness (QED) is 0.894. The number of hydrogen-bond donors (Lipinski definition) is 1. The molecule has 1 saturated heterocycles. The zero-order chi connectivity index (χ0) is 17.3. The molecule has 0 bridgehead atoms. The van der Waals surface area contributed by atoms with Gasteiger partial charge < -0.3 is 10.0 Å². The van der Waals surface area contributed by atoms with Crippen molar-refractivity contribution in [2.24, 2.45) is 11.3 Å². The lowest BCUT2D eigenvalue weighted by Crippen LogP contribution is -2.42. The van der Waals surface area contributed by atoms with E-state index in [2.05, 4.69) is 4.90 Å². The lowest BCUT2D eigenvalue weighted by Gasteiger charge is -2.37. The molecule has 1 N–H and O–H groups in total. The maximum absolute atomic E-state index is 13.1. The van der Waals surface area contributed by atoms with Crippen molar-refractivity contribution >= 4 is 5.97 Å². The van der Waals surface area contributed by atoms with Crippen LogP contribution in [0.5, 0.6) is 0 Å². The fourth-order valence-electron chi connectivity index (χ4n) is 4.66. The molecular formula is C20H28FNO2. The second-order valence-electron chi connectivity index (χ2n) is 7.87. The second kappa shape index (κ2) is 6.83. The smallest absolute Gasteiger partial charge is 0.309 e.